The Kier molecular flexibility index (Phi) is 4.62. The lowest BCUT2D eigenvalue weighted by Gasteiger charge is -2.19. The van der Waals surface area contributed by atoms with Crippen LogP contribution in [-0.2, 0) is 25.7 Å². The van der Waals surface area contributed by atoms with Gasteiger partial charge in [0, 0.05) is 6.07 Å². The van der Waals surface area contributed by atoms with Gasteiger partial charge in [0.05, 0.1) is 27.7 Å². The molecule has 8 nitrogen and oxygen atoms in total. The highest BCUT2D eigenvalue weighted by atomic mass is 32.1. The molecule has 0 N–H and O–H groups in total. The highest BCUT2D eigenvalue weighted by Crippen LogP contribution is 2.37. The van der Waals surface area contributed by atoms with E-state index in [0.29, 0.717) is 23.5 Å². The lowest BCUT2D eigenvalue weighted by atomic mass is 9.81. The summed E-state index contributed by atoms with van der Waals surface area (Å²) in [5.41, 5.74) is 0.858. The number of fused-ring (bicyclic) bond motifs is 4. The van der Waals surface area contributed by atoms with E-state index in [9.17, 15) is 19.2 Å². The van der Waals surface area contributed by atoms with Crippen LogP contribution in [-0.4, -0.2) is 38.6 Å². The second kappa shape index (κ2) is 7.32. The third kappa shape index (κ3) is 3.09. The van der Waals surface area contributed by atoms with Crippen molar-refractivity contribution in [3.8, 4) is 0 Å². The summed E-state index contributed by atoms with van der Waals surface area (Å²) in [4.78, 5) is 55.7. The first-order chi connectivity index (χ1) is 14.5. The molecular weight excluding hydrogens is 406 g/mol. The fourth-order valence-corrected chi connectivity index (χ4v) is 5.46. The zero-order valence-corrected chi connectivity index (χ0v) is 16.9. The highest BCUT2D eigenvalue weighted by molar-refractivity contribution is 7.23. The minimum Gasteiger partial charge on any atom is -0.458 e. The largest absolute Gasteiger partial charge is 0.458 e. The van der Waals surface area contributed by atoms with E-state index >= 15 is 0 Å². The van der Waals surface area contributed by atoms with Crippen molar-refractivity contribution in [2.75, 3.05) is 6.54 Å². The Balaban J connectivity index is 1.29. The minimum atomic E-state index is -0.686. The molecule has 154 valence electrons. The van der Waals surface area contributed by atoms with Crippen LogP contribution in [0.15, 0.2) is 35.1 Å². The first-order valence-electron chi connectivity index (χ1n) is 9.94. The zero-order valence-electron chi connectivity index (χ0n) is 16.1. The van der Waals surface area contributed by atoms with Crippen molar-refractivity contribution in [2.24, 2.45) is 11.8 Å². The van der Waals surface area contributed by atoms with Crippen molar-refractivity contribution in [2.45, 2.75) is 32.3 Å². The van der Waals surface area contributed by atoms with Gasteiger partial charge in [0.25, 0.3) is 5.56 Å². The van der Waals surface area contributed by atoms with Crippen molar-refractivity contribution in [3.05, 3.63) is 46.4 Å². The van der Waals surface area contributed by atoms with Gasteiger partial charge in [-0.15, -0.1) is 0 Å². The third-order valence-electron chi connectivity index (χ3n) is 5.85. The topological polar surface area (TPSA) is 98.0 Å². The van der Waals surface area contributed by atoms with Crippen molar-refractivity contribution in [1.29, 1.82) is 0 Å². The van der Waals surface area contributed by atoms with Crippen LogP contribution in [0.25, 0.3) is 15.2 Å². The normalized spacial score (nSPS) is 21.4. The number of hydrogen-bond donors (Lipinski definition) is 0. The van der Waals surface area contributed by atoms with Gasteiger partial charge in [-0.25, -0.2) is 4.98 Å². The maximum atomic E-state index is 12.5. The first kappa shape index (κ1) is 18.9. The monoisotopic (exact) mass is 425 g/mol. The molecule has 1 aliphatic heterocycles. The first-order valence-corrected chi connectivity index (χ1v) is 10.8. The summed E-state index contributed by atoms with van der Waals surface area (Å²) < 4.78 is 7.68. The predicted octanol–water partition coefficient (Wildman–Crippen LogP) is 2.13. The Morgan fingerprint density at radius 3 is 2.53 bits per heavy atom. The minimum absolute atomic E-state index is 0.193. The Bertz CT molecular complexity index is 1220. The maximum Gasteiger partial charge on any atom is 0.326 e. The van der Waals surface area contributed by atoms with Gasteiger partial charge in [-0.2, -0.15) is 0 Å². The number of amides is 2. The Morgan fingerprint density at radius 2 is 1.80 bits per heavy atom. The Hall–Kier alpha value is -3.07. The van der Waals surface area contributed by atoms with E-state index in [1.807, 2.05) is 24.3 Å². The Morgan fingerprint density at radius 1 is 1.10 bits per heavy atom. The van der Waals surface area contributed by atoms with Crippen LogP contribution in [0.2, 0.25) is 0 Å². The number of likely N-dealkylation sites (tertiary alicyclic amines) is 1. The molecule has 1 saturated heterocycles. The lowest BCUT2D eigenvalue weighted by molar-refractivity contribution is -0.153. The van der Waals surface area contributed by atoms with Crippen LogP contribution in [0, 0.1) is 11.8 Å². The van der Waals surface area contributed by atoms with Crippen molar-refractivity contribution < 1.29 is 19.1 Å². The van der Waals surface area contributed by atoms with Crippen LogP contribution < -0.4 is 5.56 Å². The predicted molar refractivity (Wildman–Crippen MR) is 109 cm³/mol. The molecule has 1 aromatic carbocycles. The van der Waals surface area contributed by atoms with Gasteiger partial charge >= 0.3 is 5.97 Å². The number of esters is 1. The molecule has 5 rings (SSSR count). The van der Waals surface area contributed by atoms with E-state index in [2.05, 4.69) is 4.98 Å². The molecule has 0 spiro atoms. The number of hydrogen-bond acceptors (Lipinski definition) is 7. The van der Waals surface area contributed by atoms with E-state index in [-0.39, 0.29) is 35.8 Å². The summed E-state index contributed by atoms with van der Waals surface area (Å²) in [5, 5.41) is 0. The highest BCUT2D eigenvalue weighted by Gasteiger charge is 2.48. The van der Waals surface area contributed by atoms with Crippen LogP contribution in [0.1, 0.15) is 31.4 Å². The van der Waals surface area contributed by atoms with Crippen LogP contribution in [0.5, 0.6) is 0 Å². The summed E-state index contributed by atoms with van der Waals surface area (Å²) in [6.07, 6.45) is 3.26. The van der Waals surface area contributed by atoms with Crippen LogP contribution in [0.3, 0.4) is 0 Å². The number of thiazole rings is 1. The molecule has 0 unspecified atom stereocenters. The quantitative estimate of drug-likeness (QED) is 0.469. The number of aromatic nitrogens is 2. The van der Waals surface area contributed by atoms with Crippen LogP contribution >= 0.6 is 11.3 Å². The number of carbonyl (C=O) groups is 3. The second-order valence-electron chi connectivity index (χ2n) is 7.69. The van der Waals surface area contributed by atoms with Gasteiger partial charge in [-0.1, -0.05) is 36.3 Å². The zero-order chi connectivity index (χ0) is 20.8. The smallest absolute Gasteiger partial charge is 0.326 e. The SMILES string of the molecule is O=C(CN1C(=O)[C@H]2CCCC[C@@H]2C1=O)OCc1cc(=O)n2c(n1)sc1ccccc12. The van der Waals surface area contributed by atoms with Crippen LogP contribution in [0.4, 0.5) is 0 Å². The third-order valence-corrected chi connectivity index (χ3v) is 6.87. The summed E-state index contributed by atoms with van der Waals surface area (Å²) in [6, 6.07) is 8.84. The molecule has 1 aliphatic carbocycles. The number of para-hydroxylation sites is 1. The molecule has 1 saturated carbocycles. The number of rotatable bonds is 4. The number of benzene rings is 1. The molecule has 2 aromatic heterocycles. The van der Waals surface area contributed by atoms with E-state index in [1.165, 1.54) is 21.8 Å². The molecule has 0 bridgehead atoms. The fraction of sp³-hybridized carbons (Fsp3) is 0.381. The fourth-order valence-electron chi connectivity index (χ4n) is 4.41. The van der Waals surface area contributed by atoms with E-state index < -0.39 is 12.5 Å². The molecule has 0 radical (unpaired) electrons. The second-order valence-corrected chi connectivity index (χ2v) is 8.70. The summed E-state index contributed by atoms with van der Waals surface area (Å²) in [5.74, 6) is -1.82. The molecule has 3 heterocycles. The van der Waals surface area contributed by atoms with Gasteiger partial charge < -0.3 is 4.74 Å². The number of ether oxygens (including phenoxy) is 1. The summed E-state index contributed by atoms with van der Waals surface area (Å²) in [7, 11) is 0. The molecule has 2 atom stereocenters. The molecule has 2 amide bonds. The summed E-state index contributed by atoms with van der Waals surface area (Å²) in [6.45, 7) is -0.587. The molecule has 2 aliphatic rings. The molecule has 9 heteroatoms. The van der Waals surface area contributed by atoms with Gasteiger partial charge in [0.1, 0.15) is 13.2 Å². The number of carbonyl (C=O) groups excluding carboxylic acids is 3. The molecule has 2 fully saturated rings. The number of imide groups is 1. The van der Waals surface area contributed by atoms with Crippen molar-refractivity contribution in [1.82, 2.24) is 14.3 Å². The average Bonchev–Trinajstić information content (AvgIpc) is 3.24. The number of nitrogens with zero attached hydrogens (tertiary/aromatic N) is 3. The summed E-state index contributed by atoms with van der Waals surface area (Å²) >= 11 is 1.38. The molecule has 30 heavy (non-hydrogen) atoms. The van der Waals surface area contributed by atoms with Crippen molar-refractivity contribution >= 4 is 44.3 Å². The average molecular weight is 425 g/mol. The van der Waals surface area contributed by atoms with Gasteiger partial charge in [-0.05, 0) is 25.0 Å². The lowest BCUT2D eigenvalue weighted by Crippen LogP contribution is -2.36. The molecule has 3 aromatic rings. The van der Waals surface area contributed by atoms with E-state index in [1.54, 1.807) is 0 Å². The maximum absolute atomic E-state index is 12.5. The Labute approximate surface area is 175 Å². The van der Waals surface area contributed by atoms with E-state index in [0.717, 1.165) is 28.0 Å². The van der Waals surface area contributed by atoms with Gasteiger partial charge in [0.15, 0.2) is 4.96 Å². The molecular formula is C21H19N3O5S. The van der Waals surface area contributed by atoms with E-state index in [4.69, 9.17) is 4.74 Å². The standard InChI is InChI=1S/C21H19N3O5S/c25-17-9-12(22-21-24(17)15-7-3-4-8-16(15)30-21)11-29-18(26)10-23-19(27)13-5-1-2-6-14(13)20(23)28/h3-4,7-9,13-14H,1-2,5-6,10-11H2/t13-,14-/m0/s1. The van der Waals surface area contributed by atoms with Crippen molar-refractivity contribution in [3.63, 3.8) is 0 Å². The van der Waals surface area contributed by atoms with Gasteiger partial charge in [-0.3, -0.25) is 28.5 Å². The van der Waals surface area contributed by atoms with Gasteiger partial charge in [0.2, 0.25) is 11.8 Å².